The van der Waals surface area contributed by atoms with Crippen LogP contribution in [0.1, 0.15) is 24.7 Å². The number of aliphatic hydroxyl groups is 1. The molecule has 0 aliphatic rings. The van der Waals surface area contributed by atoms with Crippen LogP contribution in [-0.4, -0.2) is 33.6 Å². The minimum Gasteiger partial charge on any atom is -0.393 e. The van der Waals surface area contributed by atoms with Gasteiger partial charge < -0.3 is 15.7 Å². The Kier molecular flexibility index (Phi) is 5.16. The lowest BCUT2D eigenvalue weighted by Crippen LogP contribution is -2.31. The summed E-state index contributed by atoms with van der Waals surface area (Å²) in [4.78, 5) is 11.9. The van der Waals surface area contributed by atoms with Crippen molar-refractivity contribution in [3.8, 4) is 5.69 Å². The first-order valence-electron chi connectivity index (χ1n) is 7.33. The Bertz CT molecular complexity index is 649. The van der Waals surface area contributed by atoms with Crippen molar-refractivity contribution in [2.75, 3.05) is 11.9 Å². The zero-order valence-electron chi connectivity index (χ0n) is 13.1. The maximum atomic E-state index is 11.9. The van der Waals surface area contributed by atoms with E-state index in [1.165, 1.54) is 0 Å². The molecule has 0 saturated carbocycles. The molecule has 0 bridgehead atoms. The van der Waals surface area contributed by atoms with Crippen molar-refractivity contribution < 1.29 is 9.90 Å². The molecule has 0 fully saturated rings. The Morgan fingerprint density at radius 1 is 1.36 bits per heavy atom. The number of nitrogens with zero attached hydrogens (tertiary/aromatic N) is 2. The fourth-order valence-corrected chi connectivity index (χ4v) is 2.20. The van der Waals surface area contributed by atoms with Gasteiger partial charge in [0, 0.05) is 12.2 Å². The number of para-hydroxylation sites is 2. The highest BCUT2D eigenvalue weighted by molar-refractivity contribution is 5.91. The molecule has 118 valence electrons. The lowest BCUT2D eigenvalue weighted by atomic mass is 10.2. The predicted molar refractivity (Wildman–Crippen MR) is 86.4 cm³/mol. The number of aryl methyl sites for hydroxylation is 2. The van der Waals surface area contributed by atoms with Crippen LogP contribution in [0.25, 0.3) is 5.69 Å². The van der Waals surface area contributed by atoms with E-state index in [0.29, 0.717) is 18.7 Å². The van der Waals surface area contributed by atoms with E-state index in [9.17, 15) is 9.90 Å². The van der Waals surface area contributed by atoms with Gasteiger partial charge in [0.1, 0.15) is 0 Å². The van der Waals surface area contributed by atoms with Crippen molar-refractivity contribution in [2.45, 2.75) is 33.3 Å². The van der Waals surface area contributed by atoms with Gasteiger partial charge in [0.25, 0.3) is 0 Å². The third kappa shape index (κ3) is 4.08. The van der Waals surface area contributed by atoms with Gasteiger partial charge in [-0.05, 0) is 45.4 Å². The first-order valence-corrected chi connectivity index (χ1v) is 7.33. The Balaban J connectivity index is 2.12. The standard InChI is InChI=1S/C16H22N4O2/c1-11-10-12(2)20(19-11)15-7-5-4-6-14(15)18-16(22)17-9-8-13(3)21/h4-7,10,13,21H,8-9H2,1-3H3,(H2,17,18,22). The minimum absolute atomic E-state index is 0.297. The molecular weight excluding hydrogens is 280 g/mol. The number of aromatic nitrogens is 2. The van der Waals surface area contributed by atoms with Gasteiger partial charge in [-0.3, -0.25) is 0 Å². The summed E-state index contributed by atoms with van der Waals surface area (Å²) in [5.41, 5.74) is 3.43. The van der Waals surface area contributed by atoms with Crippen molar-refractivity contribution in [1.29, 1.82) is 0 Å². The molecule has 1 aromatic carbocycles. The highest BCUT2D eigenvalue weighted by Gasteiger charge is 2.10. The average Bonchev–Trinajstić information content (AvgIpc) is 2.77. The Hall–Kier alpha value is -2.34. The van der Waals surface area contributed by atoms with Gasteiger partial charge in [0.15, 0.2) is 0 Å². The van der Waals surface area contributed by atoms with Gasteiger partial charge in [0.05, 0.1) is 23.2 Å². The number of nitrogens with one attached hydrogen (secondary N) is 2. The summed E-state index contributed by atoms with van der Waals surface area (Å²) in [5, 5.41) is 19.2. The van der Waals surface area contributed by atoms with Crippen LogP contribution >= 0.6 is 0 Å². The zero-order valence-corrected chi connectivity index (χ0v) is 13.1. The molecule has 0 saturated heterocycles. The smallest absolute Gasteiger partial charge is 0.319 e. The predicted octanol–water partition coefficient (Wildman–Crippen LogP) is 2.38. The molecule has 0 spiro atoms. The summed E-state index contributed by atoms with van der Waals surface area (Å²) >= 11 is 0. The second-order valence-electron chi connectivity index (χ2n) is 5.37. The van der Waals surface area contributed by atoms with Crippen LogP contribution in [0.3, 0.4) is 0 Å². The number of aliphatic hydroxyl groups excluding tert-OH is 1. The molecule has 0 radical (unpaired) electrons. The topological polar surface area (TPSA) is 79.2 Å². The number of anilines is 1. The Labute approximate surface area is 130 Å². The summed E-state index contributed by atoms with van der Waals surface area (Å²) in [7, 11) is 0. The molecule has 3 N–H and O–H groups in total. The summed E-state index contributed by atoms with van der Waals surface area (Å²) in [6.45, 7) is 6.02. The normalized spacial score (nSPS) is 12.0. The quantitative estimate of drug-likeness (QED) is 0.793. The molecule has 1 heterocycles. The van der Waals surface area contributed by atoms with Gasteiger partial charge in [-0.1, -0.05) is 12.1 Å². The second-order valence-corrected chi connectivity index (χ2v) is 5.37. The maximum absolute atomic E-state index is 11.9. The molecule has 0 aliphatic carbocycles. The fourth-order valence-electron chi connectivity index (χ4n) is 2.20. The highest BCUT2D eigenvalue weighted by Crippen LogP contribution is 2.21. The monoisotopic (exact) mass is 302 g/mol. The molecular formula is C16H22N4O2. The Morgan fingerprint density at radius 2 is 2.09 bits per heavy atom. The number of hydrogen-bond donors (Lipinski definition) is 3. The summed E-state index contributed by atoms with van der Waals surface area (Å²) in [5.74, 6) is 0. The fraction of sp³-hybridized carbons (Fsp3) is 0.375. The first kappa shape index (κ1) is 16.0. The third-order valence-electron chi connectivity index (χ3n) is 3.24. The maximum Gasteiger partial charge on any atom is 0.319 e. The van der Waals surface area contributed by atoms with E-state index >= 15 is 0 Å². The summed E-state index contributed by atoms with van der Waals surface area (Å²) < 4.78 is 1.81. The van der Waals surface area contributed by atoms with Crippen LogP contribution in [0.15, 0.2) is 30.3 Å². The number of rotatable bonds is 5. The van der Waals surface area contributed by atoms with Gasteiger partial charge in [-0.2, -0.15) is 5.10 Å². The zero-order chi connectivity index (χ0) is 16.1. The van der Waals surface area contributed by atoms with Crippen LogP contribution in [0.4, 0.5) is 10.5 Å². The van der Waals surface area contributed by atoms with E-state index in [-0.39, 0.29) is 6.03 Å². The van der Waals surface area contributed by atoms with Crippen molar-refractivity contribution in [3.63, 3.8) is 0 Å². The molecule has 6 nitrogen and oxygen atoms in total. The molecule has 2 amide bonds. The van der Waals surface area contributed by atoms with E-state index in [1.807, 2.05) is 44.2 Å². The molecule has 1 unspecified atom stereocenters. The van der Waals surface area contributed by atoms with Gasteiger partial charge >= 0.3 is 6.03 Å². The third-order valence-corrected chi connectivity index (χ3v) is 3.24. The Morgan fingerprint density at radius 3 is 2.73 bits per heavy atom. The van der Waals surface area contributed by atoms with Crippen LogP contribution in [0.5, 0.6) is 0 Å². The minimum atomic E-state index is -0.428. The molecule has 6 heteroatoms. The summed E-state index contributed by atoms with van der Waals surface area (Å²) in [6.07, 6.45) is 0.0919. The van der Waals surface area contributed by atoms with E-state index in [4.69, 9.17) is 0 Å². The van der Waals surface area contributed by atoms with Gasteiger partial charge in [-0.15, -0.1) is 0 Å². The number of hydrogen-bond acceptors (Lipinski definition) is 3. The second kappa shape index (κ2) is 7.09. The molecule has 0 aliphatic heterocycles. The van der Waals surface area contributed by atoms with E-state index < -0.39 is 6.10 Å². The van der Waals surface area contributed by atoms with Crippen LogP contribution in [0, 0.1) is 13.8 Å². The van der Waals surface area contributed by atoms with Crippen molar-refractivity contribution in [2.24, 2.45) is 0 Å². The lowest BCUT2D eigenvalue weighted by Gasteiger charge is -2.13. The van der Waals surface area contributed by atoms with E-state index in [1.54, 1.807) is 11.6 Å². The number of urea groups is 1. The highest BCUT2D eigenvalue weighted by atomic mass is 16.3. The van der Waals surface area contributed by atoms with Crippen LogP contribution in [0.2, 0.25) is 0 Å². The first-order chi connectivity index (χ1) is 10.5. The molecule has 2 aromatic rings. The van der Waals surface area contributed by atoms with Crippen molar-refractivity contribution in [1.82, 2.24) is 15.1 Å². The number of amides is 2. The lowest BCUT2D eigenvalue weighted by molar-refractivity contribution is 0.184. The van der Waals surface area contributed by atoms with Crippen LogP contribution in [-0.2, 0) is 0 Å². The number of carbonyl (C=O) groups excluding carboxylic acids is 1. The van der Waals surface area contributed by atoms with E-state index in [2.05, 4.69) is 15.7 Å². The molecule has 22 heavy (non-hydrogen) atoms. The molecule has 1 atom stereocenters. The van der Waals surface area contributed by atoms with E-state index in [0.717, 1.165) is 17.1 Å². The van der Waals surface area contributed by atoms with Crippen LogP contribution < -0.4 is 10.6 Å². The van der Waals surface area contributed by atoms with Crippen molar-refractivity contribution >= 4 is 11.7 Å². The summed E-state index contributed by atoms with van der Waals surface area (Å²) in [6, 6.07) is 9.20. The molecule has 1 aromatic heterocycles. The van der Waals surface area contributed by atoms with Gasteiger partial charge in [0.2, 0.25) is 0 Å². The molecule has 2 rings (SSSR count). The van der Waals surface area contributed by atoms with Gasteiger partial charge in [-0.25, -0.2) is 9.48 Å². The SMILES string of the molecule is Cc1cc(C)n(-c2ccccc2NC(=O)NCCC(C)O)n1. The average molecular weight is 302 g/mol. The van der Waals surface area contributed by atoms with Crippen molar-refractivity contribution in [3.05, 3.63) is 41.7 Å². The number of carbonyl (C=O) groups is 1. The number of benzene rings is 1. The largest absolute Gasteiger partial charge is 0.393 e.